The van der Waals surface area contributed by atoms with Gasteiger partial charge in [-0.15, -0.1) is 0 Å². The Kier molecular flexibility index (Phi) is 5.94. The average molecular weight is 419 g/mol. The molecule has 1 aromatic carbocycles. The summed E-state index contributed by atoms with van der Waals surface area (Å²) in [6.45, 7) is 6.60. The van der Waals surface area contributed by atoms with Gasteiger partial charge in [-0.05, 0) is 44.9 Å². The number of nitrogens with one attached hydrogen (secondary N) is 1. The zero-order chi connectivity index (χ0) is 21.3. The van der Waals surface area contributed by atoms with Crippen molar-refractivity contribution in [2.24, 2.45) is 0 Å². The van der Waals surface area contributed by atoms with Gasteiger partial charge in [0.25, 0.3) is 0 Å². The molecule has 0 unspecified atom stereocenters. The Morgan fingerprint density at radius 1 is 1.10 bits per heavy atom. The largest absolute Gasteiger partial charge is 0.495 e. The molecule has 0 spiro atoms. The number of aromatic nitrogens is 1. The molecule has 1 saturated carbocycles. The van der Waals surface area contributed by atoms with E-state index in [9.17, 15) is 14.6 Å². The molecule has 0 amide bonds. The quantitative estimate of drug-likeness (QED) is 0.612. The maximum absolute atomic E-state index is 13.7. The van der Waals surface area contributed by atoms with E-state index < -0.39 is 0 Å². The van der Waals surface area contributed by atoms with E-state index in [0.717, 1.165) is 57.7 Å². The molecule has 0 bridgehead atoms. The van der Waals surface area contributed by atoms with Crippen LogP contribution in [-0.2, 0) is 6.54 Å². The highest BCUT2D eigenvalue weighted by Gasteiger charge is 2.27. The van der Waals surface area contributed by atoms with Crippen LogP contribution in [0.3, 0.4) is 0 Å². The molecule has 30 heavy (non-hydrogen) atoms. The highest BCUT2D eigenvalue weighted by molar-refractivity contribution is 5.65. The molecule has 2 heterocycles. The molecule has 1 aromatic heterocycles. The standard InChI is InChI=1S/C22H31FN4O3/c1-15-20(24-17-5-6-17)22(29)27(21(15)28)9-3-8-25-10-12-26(13-11-25)18-14-16(23)4-7-19(18)30-2/h4,7,14,17,24,28-29H,3,5-6,8-13H2,1-2H3. The van der Waals surface area contributed by atoms with Crippen molar-refractivity contribution in [1.82, 2.24) is 9.47 Å². The summed E-state index contributed by atoms with van der Waals surface area (Å²) in [5, 5.41) is 24.2. The minimum Gasteiger partial charge on any atom is -0.495 e. The highest BCUT2D eigenvalue weighted by Crippen LogP contribution is 2.40. The first-order chi connectivity index (χ1) is 14.5. The molecule has 4 rings (SSSR count). The van der Waals surface area contributed by atoms with Crippen molar-refractivity contribution in [1.29, 1.82) is 0 Å². The first-order valence-electron chi connectivity index (χ1n) is 10.7. The van der Waals surface area contributed by atoms with Crippen molar-refractivity contribution in [2.45, 2.75) is 38.8 Å². The second-order valence-corrected chi connectivity index (χ2v) is 8.22. The summed E-state index contributed by atoms with van der Waals surface area (Å²) in [6, 6.07) is 5.03. The van der Waals surface area contributed by atoms with Crippen LogP contribution in [0.25, 0.3) is 0 Å². The Morgan fingerprint density at radius 3 is 2.50 bits per heavy atom. The topological polar surface area (TPSA) is 73.1 Å². The van der Waals surface area contributed by atoms with Crippen LogP contribution in [-0.4, -0.2) is 65.6 Å². The van der Waals surface area contributed by atoms with E-state index in [1.54, 1.807) is 17.7 Å². The fourth-order valence-corrected chi connectivity index (χ4v) is 4.11. The van der Waals surface area contributed by atoms with Gasteiger partial charge >= 0.3 is 0 Å². The Hall–Kier alpha value is -2.61. The summed E-state index contributed by atoms with van der Waals surface area (Å²) in [5.41, 5.74) is 2.16. The van der Waals surface area contributed by atoms with Crippen molar-refractivity contribution in [2.75, 3.05) is 50.1 Å². The molecule has 2 fully saturated rings. The molecule has 0 radical (unpaired) electrons. The third kappa shape index (κ3) is 4.28. The first-order valence-corrected chi connectivity index (χ1v) is 10.7. The molecule has 1 saturated heterocycles. The summed E-state index contributed by atoms with van der Waals surface area (Å²) in [6.07, 6.45) is 3.04. The van der Waals surface area contributed by atoms with Crippen molar-refractivity contribution in [3.63, 3.8) is 0 Å². The Labute approximate surface area is 176 Å². The molecule has 1 aliphatic carbocycles. The number of nitrogens with zero attached hydrogens (tertiary/aromatic N) is 3. The minimum atomic E-state index is -0.259. The molecule has 1 aliphatic heterocycles. The lowest BCUT2D eigenvalue weighted by Crippen LogP contribution is -2.46. The molecule has 0 atom stereocenters. The van der Waals surface area contributed by atoms with Crippen LogP contribution in [0.4, 0.5) is 15.8 Å². The van der Waals surface area contributed by atoms with Crippen LogP contribution in [0.1, 0.15) is 24.8 Å². The molecule has 2 aromatic rings. The highest BCUT2D eigenvalue weighted by atomic mass is 19.1. The van der Waals surface area contributed by atoms with E-state index >= 15 is 0 Å². The number of methoxy groups -OCH3 is 1. The summed E-state index contributed by atoms with van der Waals surface area (Å²) < 4.78 is 20.6. The van der Waals surface area contributed by atoms with E-state index in [0.29, 0.717) is 29.6 Å². The predicted molar refractivity (Wildman–Crippen MR) is 115 cm³/mol. The van der Waals surface area contributed by atoms with Crippen LogP contribution >= 0.6 is 0 Å². The number of benzene rings is 1. The normalized spacial score (nSPS) is 17.4. The fraction of sp³-hybridized carbons (Fsp3) is 0.545. The fourth-order valence-electron chi connectivity index (χ4n) is 4.11. The maximum atomic E-state index is 13.7. The second-order valence-electron chi connectivity index (χ2n) is 8.22. The third-order valence-electron chi connectivity index (χ3n) is 6.08. The van der Waals surface area contributed by atoms with Gasteiger partial charge in [-0.3, -0.25) is 9.47 Å². The summed E-state index contributed by atoms with van der Waals surface area (Å²) >= 11 is 0. The number of aromatic hydroxyl groups is 2. The Balaban J connectivity index is 1.29. The monoisotopic (exact) mass is 418 g/mol. The average Bonchev–Trinajstić information content (AvgIpc) is 3.55. The number of ether oxygens (including phenoxy) is 1. The summed E-state index contributed by atoms with van der Waals surface area (Å²) in [4.78, 5) is 4.51. The Bertz CT molecular complexity index is 889. The zero-order valence-electron chi connectivity index (χ0n) is 17.7. The smallest absolute Gasteiger partial charge is 0.218 e. The van der Waals surface area contributed by atoms with Gasteiger partial charge in [-0.2, -0.15) is 0 Å². The van der Waals surface area contributed by atoms with E-state index in [-0.39, 0.29) is 17.6 Å². The van der Waals surface area contributed by atoms with Crippen LogP contribution < -0.4 is 15.0 Å². The van der Waals surface area contributed by atoms with Gasteiger partial charge in [-0.1, -0.05) is 0 Å². The third-order valence-corrected chi connectivity index (χ3v) is 6.08. The van der Waals surface area contributed by atoms with Gasteiger partial charge in [0, 0.05) is 50.4 Å². The van der Waals surface area contributed by atoms with Gasteiger partial charge < -0.3 is 25.2 Å². The van der Waals surface area contributed by atoms with Gasteiger partial charge in [0.05, 0.1) is 12.8 Å². The molecule has 8 heteroatoms. The van der Waals surface area contributed by atoms with Gasteiger partial charge in [-0.25, -0.2) is 4.39 Å². The summed E-state index contributed by atoms with van der Waals surface area (Å²) in [5.74, 6) is 0.693. The number of hydrogen-bond donors (Lipinski definition) is 3. The zero-order valence-corrected chi connectivity index (χ0v) is 17.7. The lowest BCUT2D eigenvalue weighted by Gasteiger charge is -2.36. The summed E-state index contributed by atoms with van der Waals surface area (Å²) in [7, 11) is 1.60. The molecular weight excluding hydrogens is 387 g/mol. The lowest BCUT2D eigenvalue weighted by atomic mass is 10.2. The van der Waals surface area contributed by atoms with Gasteiger partial charge in [0.1, 0.15) is 17.3 Å². The van der Waals surface area contributed by atoms with Crippen LogP contribution in [0.15, 0.2) is 18.2 Å². The molecule has 7 nitrogen and oxygen atoms in total. The van der Waals surface area contributed by atoms with Crippen molar-refractivity contribution >= 4 is 11.4 Å². The number of rotatable bonds is 8. The van der Waals surface area contributed by atoms with Crippen molar-refractivity contribution < 1.29 is 19.3 Å². The SMILES string of the molecule is COc1ccc(F)cc1N1CCN(CCCn2c(O)c(C)c(NC3CC3)c2O)CC1. The predicted octanol–water partition coefficient (Wildman–Crippen LogP) is 3.14. The van der Waals surface area contributed by atoms with Crippen LogP contribution in [0.5, 0.6) is 17.5 Å². The van der Waals surface area contributed by atoms with Gasteiger partial charge in [0.2, 0.25) is 5.88 Å². The Morgan fingerprint density at radius 2 is 1.83 bits per heavy atom. The van der Waals surface area contributed by atoms with Crippen LogP contribution in [0, 0.1) is 12.7 Å². The number of piperazine rings is 1. The first kappa shape index (κ1) is 20.7. The van der Waals surface area contributed by atoms with E-state index in [4.69, 9.17) is 4.74 Å². The maximum Gasteiger partial charge on any atom is 0.218 e. The van der Waals surface area contributed by atoms with E-state index in [1.807, 2.05) is 6.92 Å². The van der Waals surface area contributed by atoms with E-state index in [2.05, 4.69) is 15.1 Å². The minimum absolute atomic E-state index is 0.125. The van der Waals surface area contributed by atoms with Crippen LogP contribution in [0.2, 0.25) is 0 Å². The van der Waals surface area contributed by atoms with Crippen molar-refractivity contribution in [3.05, 3.63) is 29.6 Å². The van der Waals surface area contributed by atoms with E-state index in [1.165, 1.54) is 12.1 Å². The second kappa shape index (κ2) is 8.63. The lowest BCUT2D eigenvalue weighted by molar-refractivity contribution is 0.245. The number of hydrogen-bond acceptors (Lipinski definition) is 6. The van der Waals surface area contributed by atoms with Gasteiger partial charge in [0.15, 0.2) is 5.88 Å². The van der Waals surface area contributed by atoms with Crippen molar-refractivity contribution in [3.8, 4) is 17.5 Å². The molecule has 164 valence electrons. The molecule has 2 aliphatic rings. The number of anilines is 2. The molecular formula is C22H31FN4O3. The number of halogens is 1. The molecule has 3 N–H and O–H groups in total.